The van der Waals surface area contributed by atoms with Crippen LogP contribution in [0.15, 0.2) is 0 Å². The van der Waals surface area contributed by atoms with Crippen molar-refractivity contribution in [1.29, 1.82) is 0 Å². The quantitative estimate of drug-likeness (QED) is 0.608. The van der Waals surface area contributed by atoms with Crippen LogP contribution >= 0.6 is 0 Å². The first-order chi connectivity index (χ1) is 8.65. The largest absolute Gasteiger partial charge is 0.368 e. The van der Waals surface area contributed by atoms with Crippen LogP contribution in [0.5, 0.6) is 0 Å². The van der Waals surface area contributed by atoms with E-state index in [0.29, 0.717) is 19.0 Å². The minimum atomic E-state index is -0.524. The van der Waals surface area contributed by atoms with Gasteiger partial charge in [0.05, 0.1) is 12.3 Å². The fourth-order valence-electron chi connectivity index (χ4n) is 1.97. The molecule has 0 aromatic carbocycles. The lowest BCUT2D eigenvalue weighted by atomic mass is 10.2. The van der Waals surface area contributed by atoms with Crippen LogP contribution in [0.4, 0.5) is 10.2 Å². The zero-order chi connectivity index (χ0) is 13.1. The van der Waals surface area contributed by atoms with Gasteiger partial charge in [-0.3, -0.25) is 4.90 Å². The molecular formula is C11H18FN5O. The highest BCUT2D eigenvalue weighted by Gasteiger charge is 2.25. The van der Waals surface area contributed by atoms with Gasteiger partial charge in [-0.2, -0.15) is 0 Å². The molecule has 1 fully saturated rings. The molecule has 0 bridgehead atoms. The second kappa shape index (κ2) is 5.55. The van der Waals surface area contributed by atoms with Crippen molar-refractivity contribution in [3.8, 4) is 0 Å². The lowest BCUT2D eigenvalue weighted by molar-refractivity contribution is -0.0326. The van der Waals surface area contributed by atoms with E-state index in [1.54, 1.807) is 6.92 Å². The molecular weight excluding hydrogens is 237 g/mol. The molecule has 18 heavy (non-hydrogen) atoms. The van der Waals surface area contributed by atoms with Crippen LogP contribution in [0.25, 0.3) is 0 Å². The number of nitrogen functional groups attached to an aromatic ring is 1. The van der Waals surface area contributed by atoms with Gasteiger partial charge in [0.2, 0.25) is 0 Å². The van der Waals surface area contributed by atoms with E-state index in [9.17, 15) is 4.39 Å². The maximum absolute atomic E-state index is 13.6. The SMILES string of the molecule is CCN1CCOC(c2nc(C)c(F)c(NN)n2)C1. The van der Waals surface area contributed by atoms with Gasteiger partial charge in [0.25, 0.3) is 0 Å². The van der Waals surface area contributed by atoms with Gasteiger partial charge in [0.15, 0.2) is 17.5 Å². The molecule has 0 aliphatic carbocycles. The molecule has 7 heteroatoms. The molecule has 3 N–H and O–H groups in total. The van der Waals surface area contributed by atoms with Crippen LogP contribution in [0, 0.1) is 12.7 Å². The van der Waals surface area contributed by atoms with Crippen LogP contribution in [0.2, 0.25) is 0 Å². The average Bonchev–Trinajstić information content (AvgIpc) is 2.41. The van der Waals surface area contributed by atoms with Crippen molar-refractivity contribution in [3.05, 3.63) is 17.3 Å². The second-order valence-corrected chi connectivity index (χ2v) is 4.23. The maximum atomic E-state index is 13.6. The minimum Gasteiger partial charge on any atom is -0.368 e. The third-order valence-electron chi connectivity index (χ3n) is 3.06. The highest BCUT2D eigenvalue weighted by Crippen LogP contribution is 2.22. The number of hydrazine groups is 1. The molecule has 1 aliphatic rings. The Hall–Kier alpha value is -1.31. The number of morpholine rings is 1. The Bertz CT molecular complexity index is 428. The van der Waals surface area contributed by atoms with E-state index in [-0.39, 0.29) is 17.6 Å². The normalized spacial score (nSPS) is 21.0. The Balaban J connectivity index is 2.24. The van der Waals surface area contributed by atoms with Crippen molar-refractivity contribution in [2.45, 2.75) is 20.0 Å². The van der Waals surface area contributed by atoms with Crippen molar-refractivity contribution in [1.82, 2.24) is 14.9 Å². The first kappa shape index (κ1) is 13.1. The minimum absolute atomic E-state index is 0.00900. The monoisotopic (exact) mass is 255 g/mol. The molecule has 0 saturated carbocycles. The van der Waals surface area contributed by atoms with Crippen molar-refractivity contribution in [2.75, 3.05) is 31.7 Å². The number of nitrogens with one attached hydrogen (secondary N) is 1. The van der Waals surface area contributed by atoms with E-state index >= 15 is 0 Å². The van der Waals surface area contributed by atoms with Gasteiger partial charge >= 0.3 is 0 Å². The van der Waals surface area contributed by atoms with E-state index < -0.39 is 5.82 Å². The van der Waals surface area contributed by atoms with Gasteiger partial charge in [-0.1, -0.05) is 6.92 Å². The first-order valence-corrected chi connectivity index (χ1v) is 6.00. The number of anilines is 1. The molecule has 100 valence electrons. The van der Waals surface area contributed by atoms with Crippen molar-refractivity contribution in [3.63, 3.8) is 0 Å². The molecule has 1 aromatic rings. The summed E-state index contributed by atoms with van der Waals surface area (Å²) in [7, 11) is 0. The Labute approximate surface area is 105 Å². The topological polar surface area (TPSA) is 76.3 Å². The number of hydrogen-bond acceptors (Lipinski definition) is 6. The Morgan fingerprint density at radius 2 is 2.33 bits per heavy atom. The van der Waals surface area contributed by atoms with Crippen LogP contribution in [0.3, 0.4) is 0 Å². The van der Waals surface area contributed by atoms with Crippen LogP contribution in [-0.2, 0) is 4.74 Å². The second-order valence-electron chi connectivity index (χ2n) is 4.23. The zero-order valence-corrected chi connectivity index (χ0v) is 10.6. The third kappa shape index (κ3) is 2.58. The Morgan fingerprint density at radius 3 is 3.00 bits per heavy atom. The maximum Gasteiger partial charge on any atom is 0.187 e. The van der Waals surface area contributed by atoms with Gasteiger partial charge in [0.1, 0.15) is 6.10 Å². The van der Waals surface area contributed by atoms with Gasteiger partial charge in [0, 0.05) is 13.1 Å². The van der Waals surface area contributed by atoms with Gasteiger partial charge in [-0.05, 0) is 13.5 Å². The summed E-state index contributed by atoms with van der Waals surface area (Å²) in [5.41, 5.74) is 2.51. The zero-order valence-electron chi connectivity index (χ0n) is 10.6. The number of hydrogen-bond donors (Lipinski definition) is 2. The van der Waals surface area contributed by atoms with E-state index in [1.165, 1.54) is 0 Å². The standard InChI is InChI=1S/C11H18FN5O/c1-3-17-4-5-18-8(6-17)10-14-7(2)9(12)11(15-10)16-13/h8H,3-6,13H2,1-2H3,(H,14,15,16). The number of nitrogens with two attached hydrogens (primary N) is 1. The van der Waals surface area contributed by atoms with Crippen molar-refractivity contribution < 1.29 is 9.13 Å². The number of ether oxygens (including phenoxy) is 1. The van der Waals surface area contributed by atoms with Gasteiger partial charge < -0.3 is 10.2 Å². The molecule has 0 radical (unpaired) electrons. The molecule has 1 aromatic heterocycles. The molecule has 2 rings (SSSR count). The smallest absolute Gasteiger partial charge is 0.187 e. The molecule has 0 spiro atoms. The van der Waals surface area contributed by atoms with Crippen molar-refractivity contribution in [2.24, 2.45) is 5.84 Å². The summed E-state index contributed by atoms with van der Waals surface area (Å²) < 4.78 is 19.2. The van der Waals surface area contributed by atoms with E-state index in [1.807, 2.05) is 0 Å². The van der Waals surface area contributed by atoms with Gasteiger partial charge in [-0.25, -0.2) is 20.2 Å². The predicted molar refractivity (Wildman–Crippen MR) is 65.3 cm³/mol. The van der Waals surface area contributed by atoms with E-state index in [4.69, 9.17) is 10.6 Å². The lowest BCUT2D eigenvalue weighted by Crippen LogP contribution is -2.38. The molecule has 6 nitrogen and oxygen atoms in total. The molecule has 1 unspecified atom stereocenters. The summed E-state index contributed by atoms with van der Waals surface area (Å²) in [4.78, 5) is 10.5. The fourth-order valence-corrected chi connectivity index (χ4v) is 1.97. The molecule has 1 atom stereocenters. The number of aromatic nitrogens is 2. The highest BCUT2D eigenvalue weighted by atomic mass is 19.1. The van der Waals surface area contributed by atoms with Gasteiger partial charge in [-0.15, -0.1) is 0 Å². The Morgan fingerprint density at radius 1 is 1.56 bits per heavy atom. The predicted octanol–water partition coefficient (Wildman–Crippen LogP) is 0.603. The van der Waals surface area contributed by atoms with Crippen LogP contribution in [0.1, 0.15) is 24.5 Å². The third-order valence-corrected chi connectivity index (χ3v) is 3.06. The summed E-state index contributed by atoms with van der Waals surface area (Å²) in [6.07, 6.45) is -0.231. The van der Waals surface area contributed by atoms with Crippen molar-refractivity contribution >= 4 is 5.82 Å². The highest BCUT2D eigenvalue weighted by molar-refractivity contribution is 5.36. The average molecular weight is 255 g/mol. The summed E-state index contributed by atoms with van der Waals surface area (Å²) in [6, 6.07) is 0. The summed E-state index contributed by atoms with van der Waals surface area (Å²) in [5, 5.41) is 0. The van der Waals surface area contributed by atoms with E-state index in [2.05, 4.69) is 27.2 Å². The van der Waals surface area contributed by atoms with Crippen LogP contribution < -0.4 is 11.3 Å². The number of likely N-dealkylation sites (N-methyl/N-ethyl adjacent to an activating group) is 1. The number of rotatable bonds is 3. The summed E-state index contributed by atoms with van der Waals surface area (Å²) in [6.45, 7) is 6.86. The summed E-state index contributed by atoms with van der Waals surface area (Å²) >= 11 is 0. The number of aryl methyl sites for hydroxylation is 1. The number of nitrogens with zero attached hydrogens (tertiary/aromatic N) is 3. The molecule has 2 heterocycles. The number of halogens is 1. The van der Waals surface area contributed by atoms with Crippen LogP contribution in [-0.4, -0.2) is 41.1 Å². The molecule has 1 aliphatic heterocycles. The lowest BCUT2D eigenvalue weighted by Gasteiger charge is -2.31. The first-order valence-electron chi connectivity index (χ1n) is 6.00. The molecule has 1 saturated heterocycles. The Kier molecular flexibility index (Phi) is 4.05. The molecule has 0 amide bonds. The van der Waals surface area contributed by atoms with E-state index in [0.717, 1.165) is 13.1 Å². The summed E-state index contributed by atoms with van der Waals surface area (Å²) in [5.74, 6) is 5.20. The fraction of sp³-hybridized carbons (Fsp3) is 0.636.